The summed E-state index contributed by atoms with van der Waals surface area (Å²) >= 11 is 0. The zero-order valence-electron chi connectivity index (χ0n) is 7.33. The third-order valence-electron chi connectivity index (χ3n) is 2.22. The van der Waals surface area contributed by atoms with Crippen molar-refractivity contribution in [2.45, 2.75) is 25.3 Å². The van der Waals surface area contributed by atoms with Crippen LogP contribution in [0.25, 0.3) is 0 Å². The Bertz CT molecular complexity index is 198. The fourth-order valence-corrected chi connectivity index (χ4v) is 1.62. The summed E-state index contributed by atoms with van der Waals surface area (Å²) in [5, 5.41) is 0. The standard InChI is InChI=1S/C10H15NO/c1-3-5-9-6-7-10(12)11(9)8-4-2/h3-4,9H,1-2,5-8H2/t9-/m1/s1. The van der Waals surface area contributed by atoms with Crippen LogP contribution >= 0.6 is 0 Å². The van der Waals surface area contributed by atoms with Crippen molar-refractivity contribution in [1.29, 1.82) is 0 Å². The lowest BCUT2D eigenvalue weighted by Crippen LogP contribution is -2.32. The van der Waals surface area contributed by atoms with Crippen molar-refractivity contribution in [2.24, 2.45) is 0 Å². The Balaban J connectivity index is 2.56. The van der Waals surface area contributed by atoms with Crippen LogP contribution in [0.1, 0.15) is 19.3 Å². The number of rotatable bonds is 4. The molecule has 66 valence electrons. The average molecular weight is 165 g/mol. The van der Waals surface area contributed by atoms with E-state index in [9.17, 15) is 4.79 Å². The van der Waals surface area contributed by atoms with Gasteiger partial charge in [0.15, 0.2) is 0 Å². The number of likely N-dealkylation sites (tertiary alicyclic amines) is 1. The van der Waals surface area contributed by atoms with Gasteiger partial charge in [-0.05, 0) is 12.8 Å². The largest absolute Gasteiger partial charge is 0.336 e. The lowest BCUT2D eigenvalue weighted by atomic mass is 10.1. The maximum absolute atomic E-state index is 11.3. The molecule has 0 aromatic carbocycles. The molecule has 1 rings (SSSR count). The highest BCUT2D eigenvalue weighted by molar-refractivity contribution is 5.78. The molecule has 0 bridgehead atoms. The minimum absolute atomic E-state index is 0.252. The summed E-state index contributed by atoms with van der Waals surface area (Å²) < 4.78 is 0. The SMILES string of the molecule is C=CC[C@@H]1CCC(=O)N1CC=C. The van der Waals surface area contributed by atoms with E-state index in [0.717, 1.165) is 12.8 Å². The van der Waals surface area contributed by atoms with E-state index in [-0.39, 0.29) is 5.91 Å². The molecular weight excluding hydrogens is 150 g/mol. The van der Waals surface area contributed by atoms with Gasteiger partial charge in [0.25, 0.3) is 0 Å². The molecule has 1 aliphatic heterocycles. The van der Waals surface area contributed by atoms with E-state index in [1.807, 2.05) is 11.0 Å². The molecule has 2 nitrogen and oxygen atoms in total. The molecule has 0 aromatic heterocycles. The zero-order valence-corrected chi connectivity index (χ0v) is 7.33. The minimum Gasteiger partial charge on any atom is -0.336 e. The summed E-state index contributed by atoms with van der Waals surface area (Å²) in [5.74, 6) is 0.252. The summed E-state index contributed by atoms with van der Waals surface area (Å²) in [4.78, 5) is 13.2. The fraction of sp³-hybridized carbons (Fsp3) is 0.500. The monoisotopic (exact) mass is 165 g/mol. The number of nitrogens with zero attached hydrogens (tertiary/aromatic N) is 1. The van der Waals surface area contributed by atoms with Gasteiger partial charge in [0.1, 0.15) is 0 Å². The van der Waals surface area contributed by atoms with Crippen molar-refractivity contribution in [3.05, 3.63) is 25.3 Å². The number of hydrogen-bond donors (Lipinski definition) is 0. The first-order valence-electron chi connectivity index (χ1n) is 4.31. The Morgan fingerprint density at radius 1 is 1.50 bits per heavy atom. The second kappa shape index (κ2) is 4.10. The average Bonchev–Trinajstić information content (AvgIpc) is 2.37. The second-order valence-corrected chi connectivity index (χ2v) is 3.05. The first-order chi connectivity index (χ1) is 5.79. The third kappa shape index (κ3) is 1.76. The molecule has 0 N–H and O–H groups in total. The Morgan fingerprint density at radius 3 is 2.83 bits per heavy atom. The van der Waals surface area contributed by atoms with E-state index < -0.39 is 0 Å². The number of amides is 1. The lowest BCUT2D eigenvalue weighted by molar-refractivity contribution is -0.128. The zero-order chi connectivity index (χ0) is 8.97. The van der Waals surface area contributed by atoms with Crippen LogP contribution in [0.2, 0.25) is 0 Å². The maximum atomic E-state index is 11.3. The van der Waals surface area contributed by atoms with E-state index in [0.29, 0.717) is 19.0 Å². The van der Waals surface area contributed by atoms with Gasteiger partial charge in [-0.2, -0.15) is 0 Å². The van der Waals surface area contributed by atoms with E-state index in [1.165, 1.54) is 0 Å². The van der Waals surface area contributed by atoms with E-state index in [1.54, 1.807) is 6.08 Å². The molecular formula is C10H15NO. The van der Waals surface area contributed by atoms with E-state index in [4.69, 9.17) is 0 Å². The Kier molecular flexibility index (Phi) is 3.09. The Labute approximate surface area is 73.6 Å². The van der Waals surface area contributed by atoms with Gasteiger partial charge in [0.2, 0.25) is 5.91 Å². The Hall–Kier alpha value is -1.05. The van der Waals surface area contributed by atoms with Gasteiger partial charge < -0.3 is 4.90 Å². The van der Waals surface area contributed by atoms with E-state index in [2.05, 4.69) is 13.2 Å². The van der Waals surface area contributed by atoms with Crippen LogP contribution in [0, 0.1) is 0 Å². The normalized spacial score (nSPS) is 22.8. The molecule has 1 saturated heterocycles. The van der Waals surface area contributed by atoms with Gasteiger partial charge in [0.05, 0.1) is 0 Å². The maximum Gasteiger partial charge on any atom is 0.223 e. The summed E-state index contributed by atoms with van der Waals surface area (Å²) in [6.45, 7) is 7.99. The summed E-state index contributed by atoms with van der Waals surface area (Å²) in [6.07, 6.45) is 6.21. The Morgan fingerprint density at radius 2 is 2.25 bits per heavy atom. The number of hydrogen-bond acceptors (Lipinski definition) is 1. The first kappa shape index (κ1) is 9.04. The second-order valence-electron chi connectivity index (χ2n) is 3.05. The number of carbonyl (C=O) groups excluding carboxylic acids is 1. The molecule has 2 heteroatoms. The van der Waals surface area contributed by atoms with Gasteiger partial charge >= 0.3 is 0 Å². The van der Waals surface area contributed by atoms with Crippen LogP contribution in [0.5, 0.6) is 0 Å². The van der Waals surface area contributed by atoms with Crippen molar-refractivity contribution in [3.8, 4) is 0 Å². The first-order valence-corrected chi connectivity index (χ1v) is 4.31. The highest BCUT2D eigenvalue weighted by Gasteiger charge is 2.28. The van der Waals surface area contributed by atoms with Crippen LogP contribution in [0.15, 0.2) is 25.3 Å². The van der Waals surface area contributed by atoms with Crippen LogP contribution in [-0.4, -0.2) is 23.4 Å². The van der Waals surface area contributed by atoms with Gasteiger partial charge in [0, 0.05) is 19.0 Å². The van der Waals surface area contributed by atoms with Gasteiger partial charge in [-0.25, -0.2) is 0 Å². The fourth-order valence-electron chi connectivity index (χ4n) is 1.62. The lowest BCUT2D eigenvalue weighted by Gasteiger charge is -2.21. The topological polar surface area (TPSA) is 20.3 Å². The van der Waals surface area contributed by atoms with Crippen molar-refractivity contribution >= 4 is 5.91 Å². The number of carbonyl (C=O) groups is 1. The molecule has 0 unspecified atom stereocenters. The highest BCUT2D eigenvalue weighted by Crippen LogP contribution is 2.21. The van der Waals surface area contributed by atoms with Crippen molar-refractivity contribution < 1.29 is 4.79 Å². The minimum atomic E-state index is 0.252. The molecule has 0 saturated carbocycles. The molecule has 1 heterocycles. The molecule has 1 amide bonds. The van der Waals surface area contributed by atoms with Crippen molar-refractivity contribution in [3.63, 3.8) is 0 Å². The van der Waals surface area contributed by atoms with Crippen molar-refractivity contribution in [1.82, 2.24) is 4.90 Å². The van der Waals surface area contributed by atoms with Crippen molar-refractivity contribution in [2.75, 3.05) is 6.54 Å². The molecule has 0 aromatic rings. The molecule has 0 aliphatic carbocycles. The predicted molar refractivity (Wildman–Crippen MR) is 49.7 cm³/mol. The highest BCUT2D eigenvalue weighted by atomic mass is 16.2. The smallest absolute Gasteiger partial charge is 0.223 e. The van der Waals surface area contributed by atoms with Gasteiger partial charge in [-0.3, -0.25) is 4.79 Å². The van der Waals surface area contributed by atoms with Crippen LogP contribution in [-0.2, 0) is 4.79 Å². The molecule has 1 aliphatic rings. The third-order valence-corrected chi connectivity index (χ3v) is 2.22. The molecule has 12 heavy (non-hydrogen) atoms. The molecule has 1 atom stereocenters. The summed E-state index contributed by atoms with van der Waals surface area (Å²) in [6, 6.07) is 0.369. The summed E-state index contributed by atoms with van der Waals surface area (Å²) in [7, 11) is 0. The van der Waals surface area contributed by atoms with Gasteiger partial charge in [-0.1, -0.05) is 12.2 Å². The quantitative estimate of drug-likeness (QED) is 0.581. The molecule has 0 spiro atoms. The molecule has 0 radical (unpaired) electrons. The molecule has 1 fully saturated rings. The van der Waals surface area contributed by atoms with E-state index >= 15 is 0 Å². The predicted octanol–water partition coefficient (Wildman–Crippen LogP) is 1.74. The van der Waals surface area contributed by atoms with Crippen LogP contribution < -0.4 is 0 Å². The van der Waals surface area contributed by atoms with Gasteiger partial charge in [-0.15, -0.1) is 13.2 Å². The summed E-state index contributed by atoms with van der Waals surface area (Å²) in [5.41, 5.74) is 0. The van der Waals surface area contributed by atoms with Crippen LogP contribution in [0.3, 0.4) is 0 Å². The van der Waals surface area contributed by atoms with Crippen LogP contribution in [0.4, 0.5) is 0 Å².